The van der Waals surface area contributed by atoms with Gasteiger partial charge in [-0.15, -0.1) is 3.89 Å². The van der Waals surface area contributed by atoms with Crippen LogP contribution in [0.3, 0.4) is 0 Å². The Labute approximate surface area is 136 Å². The number of carbonyl (C=O) groups excluding carboxylic acids is 1. The van der Waals surface area contributed by atoms with E-state index in [2.05, 4.69) is 15.3 Å². The molecule has 0 spiro atoms. The topological polar surface area (TPSA) is 98.2 Å². The highest BCUT2D eigenvalue weighted by Crippen LogP contribution is 2.23. The number of nitrogens with one attached hydrogen (secondary N) is 1. The lowest BCUT2D eigenvalue weighted by Gasteiger charge is -2.10. The van der Waals surface area contributed by atoms with Crippen molar-refractivity contribution in [3.8, 4) is 0 Å². The first-order valence-corrected chi connectivity index (χ1v) is 8.09. The summed E-state index contributed by atoms with van der Waals surface area (Å²) in [5, 5.41) is 2.57. The fraction of sp³-hybridized carbons (Fsp3) is 0.154. The summed E-state index contributed by atoms with van der Waals surface area (Å²) in [6.07, 6.45) is 1.17. The van der Waals surface area contributed by atoms with Crippen molar-refractivity contribution >= 4 is 39.3 Å². The lowest BCUT2D eigenvalue weighted by molar-refractivity contribution is 0.0526. The van der Waals surface area contributed by atoms with Crippen LogP contribution in [0, 0.1) is 0 Å². The van der Waals surface area contributed by atoms with Crippen LogP contribution in [0.25, 0.3) is 0 Å². The van der Waals surface area contributed by atoms with Gasteiger partial charge < -0.3 is 10.1 Å². The summed E-state index contributed by atoms with van der Waals surface area (Å²) in [7, 11) is -4.85. The number of hydrogen-bond donors (Lipinski definition) is 1. The Morgan fingerprint density at radius 2 is 2.17 bits per heavy atom. The molecule has 2 rings (SSSR count). The Morgan fingerprint density at radius 3 is 2.83 bits per heavy atom. The molecule has 23 heavy (non-hydrogen) atoms. The van der Waals surface area contributed by atoms with Crippen LogP contribution in [0.15, 0.2) is 35.4 Å². The van der Waals surface area contributed by atoms with Gasteiger partial charge in [0.2, 0.25) is 5.28 Å². The molecule has 0 aliphatic rings. The van der Waals surface area contributed by atoms with Crippen molar-refractivity contribution in [1.82, 2.24) is 9.97 Å². The van der Waals surface area contributed by atoms with Gasteiger partial charge in [-0.3, -0.25) is 0 Å². The van der Waals surface area contributed by atoms with E-state index in [1.54, 1.807) is 6.92 Å². The summed E-state index contributed by atoms with van der Waals surface area (Å²) in [4.78, 5) is 18.9. The third-order valence-electron chi connectivity index (χ3n) is 2.63. The number of carbonyl (C=O) groups is 1. The SMILES string of the molecule is CCOC(=O)c1cnc(Cl)nc1Nc1cccc(S(=O)(=O)F)c1. The third kappa shape index (κ3) is 4.36. The van der Waals surface area contributed by atoms with Gasteiger partial charge in [0.15, 0.2) is 0 Å². The van der Waals surface area contributed by atoms with Gasteiger partial charge in [0.05, 0.1) is 6.61 Å². The highest BCUT2D eigenvalue weighted by atomic mass is 35.5. The normalized spacial score (nSPS) is 11.1. The van der Waals surface area contributed by atoms with Gasteiger partial charge in [-0.25, -0.2) is 9.78 Å². The number of benzene rings is 1. The van der Waals surface area contributed by atoms with Crippen LogP contribution in [0.4, 0.5) is 15.4 Å². The van der Waals surface area contributed by atoms with Gasteiger partial charge in [0.25, 0.3) is 0 Å². The van der Waals surface area contributed by atoms with Crippen LogP contribution in [0.5, 0.6) is 0 Å². The van der Waals surface area contributed by atoms with E-state index < -0.39 is 21.1 Å². The molecule has 1 aromatic carbocycles. The first-order chi connectivity index (χ1) is 10.8. The molecule has 10 heteroatoms. The zero-order valence-corrected chi connectivity index (χ0v) is 13.4. The highest BCUT2D eigenvalue weighted by molar-refractivity contribution is 7.86. The van der Waals surface area contributed by atoms with E-state index >= 15 is 0 Å². The van der Waals surface area contributed by atoms with Crippen molar-refractivity contribution in [2.75, 3.05) is 11.9 Å². The largest absolute Gasteiger partial charge is 0.462 e. The second-order valence-electron chi connectivity index (χ2n) is 4.21. The number of nitrogens with zero attached hydrogens (tertiary/aromatic N) is 2. The molecular weight excluding hydrogens is 349 g/mol. The van der Waals surface area contributed by atoms with Crippen molar-refractivity contribution in [2.24, 2.45) is 0 Å². The van der Waals surface area contributed by atoms with E-state index in [1.807, 2.05) is 0 Å². The van der Waals surface area contributed by atoms with Gasteiger partial charge in [-0.05, 0) is 36.7 Å². The molecule has 0 aliphatic carbocycles. The molecule has 1 heterocycles. The van der Waals surface area contributed by atoms with E-state index in [0.29, 0.717) is 0 Å². The summed E-state index contributed by atoms with van der Waals surface area (Å²) >= 11 is 5.70. The minimum atomic E-state index is -4.85. The number of esters is 1. The van der Waals surface area contributed by atoms with Gasteiger partial charge in [0.1, 0.15) is 16.3 Å². The van der Waals surface area contributed by atoms with E-state index in [-0.39, 0.29) is 29.0 Å². The van der Waals surface area contributed by atoms with Gasteiger partial charge in [-0.2, -0.15) is 13.4 Å². The summed E-state index contributed by atoms with van der Waals surface area (Å²) < 4.78 is 39.8. The highest BCUT2D eigenvalue weighted by Gasteiger charge is 2.17. The maximum Gasteiger partial charge on any atom is 0.343 e. The Bertz CT molecular complexity index is 845. The van der Waals surface area contributed by atoms with Crippen LogP contribution in [0.1, 0.15) is 17.3 Å². The maximum absolute atomic E-state index is 13.0. The van der Waals surface area contributed by atoms with Gasteiger partial charge in [0, 0.05) is 11.9 Å². The molecule has 0 unspecified atom stereocenters. The summed E-state index contributed by atoms with van der Waals surface area (Å²) in [6.45, 7) is 1.79. The number of hydrogen-bond acceptors (Lipinski definition) is 7. The van der Waals surface area contributed by atoms with Crippen LogP contribution in [-0.4, -0.2) is 31.0 Å². The molecule has 1 N–H and O–H groups in total. The number of aromatic nitrogens is 2. The fourth-order valence-electron chi connectivity index (χ4n) is 1.68. The quantitative estimate of drug-likeness (QED) is 0.497. The molecule has 0 fully saturated rings. The van der Waals surface area contributed by atoms with E-state index in [1.165, 1.54) is 18.3 Å². The van der Waals surface area contributed by atoms with E-state index in [9.17, 15) is 17.1 Å². The first kappa shape index (κ1) is 17.1. The Kier molecular flexibility index (Phi) is 5.12. The zero-order valence-electron chi connectivity index (χ0n) is 11.8. The summed E-state index contributed by atoms with van der Waals surface area (Å²) in [6, 6.07) is 4.96. The van der Waals surface area contributed by atoms with Gasteiger partial charge >= 0.3 is 16.2 Å². The van der Waals surface area contributed by atoms with Crippen LogP contribution in [-0.2, 0) is 15.0 Å². The van der Waals surface area contributed by atoms with Crippen LogP contribution in [0.2, 0.25) is 5.28 Å². The third-order valence-corrected chi connectivity index (χ3v) is 3.63. The molecule has 0 bridgehead atoms. The molecular formula is C13H11ClFN3O4S. The lowest BCUT2D eigenvalue weighted by atomic mass is 10.2. The Hall–Kier alpha value is -2.26. The molecule has 2 aromatic rings. The predicted octanol–water partition coefficient (Wildman–Crippen LogP) is 2.71. The second kappa shape index (κ2) is 6.88. The lowest BCUT2D eigenvalue weighted by Crippen LogP contribution is -2.10. The number of halogens is 2. The Balaban J connectivity index is 2.40. The average Bonchev–Trinajstić information content (AvgIpc) is 2.47. The molecule has 0 aliphatic heterocycles. The van der Waals surface area contributed by atoms with Crippen LogP contribution >= 0.6 is 11.6 Å². The van der Waals surface area contributed by atoms with E-state index in [4.69, 9.17) is 16.3 Å². The molecule has 0 atom stereocenters. The predicted molar refractivity (Wildman–Crippen MR) is 81.0 cm³/mol. The standard InChI is InChI=1S/C13H11ClFN3O4S/c1-2-22-12(19)10-7-16-13(14)18-11(10)17-8-4-3-5-9(6-8)23(15,20)21/h3-7H,2H2,1H3,(H,16,17,18). The van der Waals surface area contributed by atoms with Crippen molar-refractivity contribution < 1.29 is 21.8 Å². The number of rotatable bonds is 5. The molecule has 0 saturated carbocycles. The fourth-order valence-corrected chi connectivity index (χ4v) is 2.32. The van der Waals surface area contributed by atoms with Gasteiger partial charge in [-0.1, -0.05) is 6.07 Å². The second-order valence-corrected chi connectivity index (χ2v) is 5.90. The first-order valence-electron chi connectivity index (χ1n) is 6.32. The number of ether oxygens (including phenoxy) is 1. The smallest absolute Gasteiger partial charge is 0.343 e. The van der Waals surface area contributed by atoms with Crippen molar-refractivity contribution in [3.05, 3.63) is 41.3 Å². The minimum absolute atomic E-state index is 0.00441. The molecule has 0 radical (unpaired) electrons. The molecule has 7 nitrogen and oxygen atoms in total. The molecule has 0 saturated heterocycles. The minimum Gasteiger partial charge on any atom is -0.462 e. The number of anilines is 2. The van der Waals surface area contributed by atoms with Crippen molar-refractivity contribution in [1.29, 1.82) is 0 Å². The van der Waals surface area contributed by atoms with Crippen molar-refractivity contribution in [2.45, 2.75) is 11.8 Å². The van der Waals surface area contributed by atoms with E-state index in [0.717, 1.165) is 12.1 Å². The summed E-state index contributed by atoms with van der Waals surface area (Å²) in [5.41, 5.74) is 0.203. The monoisotopic (exact) mass is 359 g/mol. The Morgan fingerprint density at radius 1 is 1.43 bits per heavy atom. The molecule has 0 amide bonds. The van der Waals surface area contributed by atoms with Crippen LogP contribution < -0.4 is 5.32 Å². The molecule has 1 aromatic heterocycles. The maximum atomic E-state index is 13.0. The zero-order chi connectivity index (χ0) is 17.0. The summed E-state index contributed by atoms with van der Waals surface area (Å²) in [5.74, 6) is -0.669. The van der Waals surface area contributed by atoms with Crippen molar-refractivity contribution in [3.63, 3.8) is 0 Å². The molecule has 122 valence electrons. The average molecular weight is 360 g/mol.